The molecule has 2 fully saturated rings. The lowest BCUT2D eigenvalue weighted by atomic mass is 10.1. The maximum absolute atomic E-state index is 11.1. The highest BCUT2D eigenvalue weighted by Crippen LogP contribution is 2.45. The Morgan fingerprint density at radius 1 is 0.512 bits per heavy atom. The molecule has 0 radical (unpaired) electrons. The second kappa shape index (κ2) is 13.2. The number of aliphatic hydroxyl groups is 2. The van der Waals surface area contributed by atoms with Gasteiger partial charge in [0.25, 0.3) is 0 Å². The van der Waals surface area contributed by atoms with Crippen LogP contribution in [0.1, 0.15) is 78.2 Å². The Labute approximate surface area is 237 Å². The Balaban J connectivity index is 0.000000169. The maximum Gasteiger partial charge on any atom is 0.337 e. The quantitative estimate of drug-likeness (QED) is 0.294. The zero-order valence-electron chi connectivity index (χ0n) is 23.0. The number of carbonyl (C=O) groups excluding carboxylic acids is 3. The Morgan fingerprint density at radius 3 is 0.976 bits per heavy atom. The number of carbonyl (C=O) groups is 4. The van der Waals surface area contributed by atoms with E-state index in [4.69, 9.17) is 5.11 Å². The molecule has 0 atom stereocenters. The van der Waals surface area contributed by atoms with Gasteiger partial charge >= 0.3 is 23.9 Å². The number of hydrogen-bond acceptors (Lipinski definition) is 9. The number of methoxy groups -OCH3 is 3. The lowest BCUT2D eigenvalue weighted by molar-refractivity contribution is 0.0586. The number of esters is 3. The van der Waals surface area contributed by atoms with Crippen molar-refractivity contribution in [3.63, 3.8) is 0 Å². The van der Waals surface area contributed by atoms with Crippen molar-refractivity contribution in [3.05, 3.63) is 106 Å². The average Bonchev–Trinajstić information content (AvgIpc) is 3.95. The molecular formula is C31H32O10. The SMILES string of the molecule is COC(=O)c1ccc(C(=O)OC)cc1.COC(=O)c1ccc(C2(O)CC2)cc1.O=C(O)c1ccc(C2(O)CC2)cc1. The van der Waals surface area contributed by atoms with Crippen LogP contribution in [-0.4, -0.2) is 60.5 Å². The zero-order valence-corrected chi connectivity index (χ0v) is 23.0. The number of hydrogen-bond donors (Lipinski definition) is 3. The van der Waals surface area contributed by atoms with Gasteiger partial charge in [0.2, 0.25) is 0 Å². The van der Waals surface area contributed by atoms with E-state index in [0.717, 1.165) is 36.8 Å². The summed E-state index contributed by atoms with van der Waals surface area (Å²) in [4.78, 5) is 43.7. The van der Waals surface area contributed by atoms with Gasteiger partial charge in [0.15, 0.2) is 0 Å². The number of carboxylic acids is 1. The summed E-state index contributed by atoms with van der Waals surface area (Å²) in [6, 6.07) is 19.4. The molecule has 2 aliphatic carbocycles. The number of ether oxygens (including phenoxy) is 3. The monoisotopic (exact) mass is 564 g/mol. The fraction of sp³-hybridized carbons (Fsp3) is 0.290. The first-order valence-electron chi connectivity index (χ1n) is 12.7. The molecule has 2 aliphatic rings. The van der Waals surface area contributed by atoms with Gasteiger partial charge in [0.05, 0.1) is 54.8 Å². The molecule has 216 valence electrons. The van der Waals surface area contributed by atoms with Crippen molar-refractivity contribution in [2.75, 3.05) is 21.3 Å². The summed E-state index contributed by atoms with van der Waals surface area (Å²) in [5.41, 5.74) is 1.97. The lowest BCUT2D eigenvalue weighted by Crippen LogP contribution is -2.06. The molecule has 10 nitrogen and oxygen atoms in total. The third-order valence-corrected chi connectivity index (χ3v) is 6.69. The molecule has 5 rings (SSSR count). The molecule has 0 bridgehead atoms. The Hall–Kier alpha value is -4.54. The van der Waals surface area contributed by atoms with Crippen molar-refractivity contribution in [1.82, 2.24) is 0 Å². The molecule has 3 N–H and O–H groups in total. The van der Waals surface area contributed by atoms with E-state index in [1.807, 2.05) is 0 Å². The van der Waals surface area contributed by atoms with Gasteiger partial charge in [-0.3, -0.25) is 0 Å². The molecular weight excluding hydrogens is 532 g/mol. The van der Waals surface area contributed by atoms with E-state index in [9.17, 15) is 29.4 Å². The van der Waals surface area contributed by atoms with Gasteiger partial charge in [-0.2, -0.15) is 0 Å². The van der Waals surface area contributed by atoms with Crippen molar-refractivity contribution >= 4 is 23.9 Å². The minimum atomic E-state index is -0.936. The second-order valence-electron chi connectivity index (χ2n) is 9.58. The van der Waals surface area contributed by atoms with Crippen LogP contribution in [0.3, 0.4) is 0 Å². The van der Waals surface area contributed by atoms with Crippen molar-refractivity contribution in [2.24, 2.45) is 0 Å². The topological polar surface area (TPSA) is 157 Å². The zero-order chi connectivity index (χ0) is 30.2. The summed E-state index contributed by atoms with van der Waals surface area (Å²) in [7, 11) is 3.96. The van der Waals surface area contributed by atoms with Crippen LogP contribution in [0, 0.1) is 0 Å². The number of rotatable bonds is 6. The van der Waals surface area contributed by atoms with Crippen molar-refractivity contribution in [2.45, 2.75) is 36.9 Å². The molecule has 0 amide bonds. The molecule has 0 saturated heterocycles. The predicted molar refractivity (Wildman–Crippen MR) is 147 cm³/mol. The molecule has 0 aliphatic heterocycles. The van der Waals surface area contributed by atoms with Crippen molar-refractivity contribution in [1.29, 1.82) is 0 Å². The molecule has 0 unspecified atom stereocenters. The summed E-state index contributed by atoms with van der Waals surface area (Å²) >= 11 is 0. The molecule has 0 spiro atoms. The molecule has 10 heteroatoms. The van der Waals surface area contributed by atoms with Crippen LogP contribution in [0.25, 0.3) is 0 Å². The summed E-state index contributed by atoms with van der Waals surface area (Å²) < 4.78 is 13.6. The van der Waals surface area contributed by atoms with E-state index >= 15 is 0 Å². The third kappa shape index (κ3) is 8.23. The largest absolute Gasteiger partial charge is 0.478 e. The van der Waals surface area contributed by atoms with E-state index in [1.165, 1.54) is 57.7 Å². The van der Waals surface area contributed by atoms with E-state index in [0.29, 0.717) is 16.7 Å². The van der Waals surface area contributed by atoms with Gasteiger partial charge in [-0.1, -0.05) is 24.3 Å². The summed E-state index contributed by atoms with van der Waals surface area (Å²) in [6.07, 6.45) is 3.17. The van der Waals surface area contributed by atoms with Crippen molar-refractivity contribution < 1.29 is 48.7 Å². The van der Waals surface area contributed by atoms with Crippen LogP contribution in [0.4, 0.5) is 0 Å². The molecule has 0 heterocycles. The Bertz CT molecular complexity index is 1330. The molecule has 0 aromatic heterocycles. The minimum absolute atomic E-state index is 0.257. The molecule has 3 aromatic carbocycles. The van der Waals surface area contributed by atoms with Gasteiger partial charge in [-0.25, -0.2) is 19.2 Å². The van der Waals surface area contributed by atoms with Crippen LogP contribution in [0.2, 0.25) is 0 Å². The summed E-state index contributed by atoms with van der Waals surface area (Å²) in [5, 5.41) is 28.1. The average molecular weight is 565 g/mol. The van der Waals surface area contributed by atoms with Gasteiger partial charge in [-0.05, 0) is 85.3 Å². The van der Waals surface area contributed by atoms with Crippen molar-refractivity contribution in [3.8, 4) is 0 Å². The first-order valence-corrected chi connectivity index (χ1v) is 12.7. The molecule has 2 saturated carbocycles. The predicted octanol–water partition coefficient (Wildman–Crippen LogP) is 4.08. The second-order valence-corrected chi connectivity index (χ2v) is 9.58. The minimum Gasteiger partial charge on any atom is -0.478 e. The van der Waals surface area contributed by atoms with Gasteiger partial charge < -0.3 is 29.5 Å². The molecule has 41 heavy (non-hydrogen) atoms. The van der Waals surface area contributed by atoms with Crippen LogP contribution in [-0.2, 0) is 25.4 Å². The summed E-state index contributed by atoms with van der Waals surface area (Å²) in [5.74, 6) is -2.14. The highest BCUT2D eigenvalue weighted by Gasteiger charge is 2.42. The third-order valence-electron chi connectivity index (χ3n) is 6.69. The first kappa shape index (κ1) is 31.0. The summed E-state index contributed by atoms with van der Waals surface area (Å²) in [6.45, 7) is 0. The normalized spacial score (nSPS) is 15.0. The fourth-order valence-electron chi connectivity index (χ4n) is 3.75. The van der Waals surface area contributed by atoms with E-state index in [-0.39, 0.29) is 11.5 Å². The molecule has 3 aromatic rings. The van der Waals surface area contributed by atoms with Crippen LogP contribution in [0.5, 0.6) is 0 Å². The Kier molecular flexibility index (Phi) is 9.99. The van der Waals surface area contributed by atoms with Crippen LogP contribution >= 0.6 is 0 Å². The number of carboxylic acid groups (broad SMARTS) is 1. The fourth-order valence-corrected chi connectivity index (χ4v) is 3.75. The number of aromatic carboxylic acids is 1. The number of benzene rings is 3. The standard InChI is InChI=1S/C11H12O3.C10H10O4.C10H10O3/c1-14-10(12)8-2-4-9(5-3-8)11(13)6-7-11;1-13-9(11)7-3-5-8(6-4-7)10(12)14-2;11-9(12)7-1-3-8(4-2-7)10(13)5-6-10/h2-5,13H,6-7H2,1H3;3-6H,1-2H3;1-4,13H,5-6H2,(H,11,12). The van der Waals surface area contributed by atoms with E-state index < -0.39 is 29.1 Å². The van der Waals surface area contributed by atoms with Gasteiger partial charge in [0.1, 0.15) is 0 Å². The van der Waals surface area contributed by atoms with Crippen LogP contribution < -0.4 is 0 Å². The smallest absolute Gasteiger partial charge is 0.337 e. The van der Waals surface area contributed by atoms with Gasteiger partial charge in [0, 0.05) is 0 Å². The maximum atomic E-state index is 11.1. The van der Waals surface area contributed by atoms with E-state index in [2.05, 4.69) is 14.2 Å². The highest BCUT2D eigenvalue weighted by atomic mass is 16.5. The Morgan fingerprint density at radius 2 is 0.756 bits per heavy atom. The van der Waals surface area contributed by atoms with Crippen LogP contribution in [0.15, 0.2) is 72.8 Å². The lowest BCUT2D eigenvalue weighted by Gasteiger charge is -2.07. The van der Waals surface area contributed by atoms with Gasteiger partial charge in [-0.15, -0.1) is 0 Å². The first-order chi connectivity index (χ1) is 19.5. The highest BCUT2D eigenvalue weighted by molar-refractivity contribution is 5.93. The van der Waals surface area contributed by atoms with E-state index in [1.54, 1.807) is 36.4 Å².